The molecule has 0 bridgehead atoms. The smallest absolute Gasteiger partial charge is 0.325 e. The molecule has 3 N–H and O–H groups in total. The minimum atomic E-state index is -1.52. The van der Waals surface area contributed by atoms with E-state index in [2.05, 4.69) is 0 Å². The second-order valence-corrected chi connectivity index (χ2v) is 4.43. The van der Waals surface area contributed by atoms with Gasteiger partial charge in [-0.3, -0.25) is 4.79 Å². The van der Waals surface area contributed by atoms with Crippen molar-refractivity contribution < 1.29 is 14.3 Å². The Kier molecular flexibility index (Phi) is 3.55. The molecule has 1 rings (SSSR count). The van der Waals surface area contributed by atoms with Crippen LogP contribution in [0.2, 0.25) is 5.02 Å². The van der Waals surface area contributed by atoms with Crippen molar-refractivity contribution in [1.29, 1.82) is 0 Å². The van der Waals surface area contributed by atoms with Crippen molar-refractivity contribution in [2.75, 3.05) is 0 Å². The van der Waals surface area contributed by atoms with Crippen molar-refractivity contribution in [1.82, 2.24) is 0 Å². The standard InChI is InChI=1S/C11H13ClFNO2/c1-11(2,13)6-3-4-7(8(12)5-6)9(14)10(15)16/h3-5,9H,14H2,1-2H3,(H,15,16). The number of rotatable bonds is 3. The van der Waals surface area contributed by atoms with E-state index in [0.717, 1.165) is 0 Å². The maximum absolute atomic E-state index is 13.6. The largest absolute Gasteiger partial charge is 0.480 e. The molecule has 0 aliphatic rings. The van der Waals surface area contributed by atoms with E-state index in [-0.39, 0.29) is 10.6 Å². The molecular weight excluding hydrogens is 233 g/mol. The van der Waals surface area contributed by atoms with Gasteiger partial charge in [0.25, 0.3) is 0 Å². The van der Waals surface area contributed by atoms with Crippen molar-refractivity contribution in [3.63, 3.8) is 0 Å². The summed E-state index contributed by atoms with van der Waals surface area (Å²) in [5.74, 6) is -1.17. The zero-order valence-corrected chi connectivity index (χ0v) is 9.75. The molecule has 5 heteroatoms. The number of carboxylic acid groups (broad SMARTS) is 1. The maximum Gasteiger partial charge on any atom is 0.325 e. The van der Waals surface area contributed by atoms with Gasteiger partial charge in [-0.25, -0.2) is 4.39 Å². The van der Waals surface area contributed by atoms with Crippen LogP contribution in [0.4, 0.5) is 4.39 Å². The van der Waals surface area contributed by atoms with Crippen molar-refractivity contribution in [2.24, 2.45) is 5.73 Å². The average Bonchev–Trinajstić information content (AvgIpc) is 2.15. The van der Waals surface area contributed by atoms with Crippen molar-refractivity contribution in [2.45, 2.75) is 25.6 Å². The highest BCUT2D eigenvalue weighted by atomic mass is 35.5. The number of hydrogen-bond donors (Lipinski definition) is 2. The van der Waals surface area contributed by atoms with Gasteiger partial charge >= 0.3 is 5.97 Å². The fourth-order valence-electron chi connectivity index (χ4n) is 1.28. The van der Waals surface area contributed by atoms with Gasteiger partial charge in [0.05, 0.1) is 0 Å². The minimum Gasteiger partial charge on any atom is -0.480 e. The van der Waals surface area contributed by atoms with Crippen LogP contribution in [-0.4, -0.2) is 11.1 Å². The van der Waals surface area contributed by atoms with Gasteiger partial charge in [0.15, 0.2) is 0 Å². The number of alkyl halides is 1. The number of nitrogens with two attached hydrogens (primary N) is 1. The Balaban J connectivity index is 3.15. The van der Waals surface area contributed by atoms with Gasteiger partial charge in [0, 0.05) is 5.02 Å². The Labute approximate surface area is 98.0 Å². The third-order valence-corrected chi connectivity index (χ3v) is 2.62. The molecule has 0 aromatic heterocycles. The van der Waals surface area contributed by atoms with Gasteiger partial charge in [-0.2, -0.15) is 0 Å². The molecule has 0 saturated heterocycles. The first-order chi connectivity index (χ1) is 7.23. The van der Waals surface area contributed by atoms with Gasteiger partial charge in [-0.15, -0.1) is 0 Å². The summed E-state index contributed by atoms with van der Waals surface area (Å²) in [5, 5.41) is 8.90. The van der Waals surface area contributed by atoms with Crippen LogP contribution in [0.15, 0.2) is 18.2 Å². The number of hydrogen-bond acceptors (Lipinski definition) is 2. The molecule has 0 amide bonds. The van der Waals surface area contributed by atoms with Gasteiger partial charge < -0.3 is 10.8 Å². The van der Waals surface area contributed by atoms with Crippen LogP contribution in [0.25, 0.3) is 0 Å². The average molecular weight is 246 g/mol. The van der Waals surface area contributed by atoms with Crippen LogP contribution < -0.4 is 5.73 Å². The highest BCUT2D eigenvalue weighted by molar-refractivity contribution is 6.31. The predicted octanol–water partition coefficient (Wildman–Crippen LogP) is 2.63. The fourth-order valence-corrected chi connectivity index (χ4v) is 1.58. The zero-order chi connectivity index (χ0) is 12.5. The van der Waals surface area contributed by atoms with Crippen LogP contribution in [0.1, 0.15) is 31.0 Å². The van der Waals surface area contributed by atoms with Crippen molar-refractivity contribution in [3.8, 4) is 0 Å². The molecular formula is C11H13ClFNO2. The summed E-state index contributed by atoms with van der Waals surface area (Å²) in [7, 11) is 0. The number of aliphatic carboxylic acids is 1. The fraction of sp³-hybridized carbons (Fsp3) is 0.364. The third-order valence-electron chi connectivity index (χ3n) is 2.29. The molecule has 0 radical (unpaired) electrons. The van der Waals surface area contributed by atoms with Crippen LogP contribution in [-0.2, 0) is 10.5 Å². The first-order valence-corrected chi connectivity index (χ1v) is 5.08. The molecule has 88 valence electrons. The van der Waals surface area contributed by atoms with Crippen molar-refractivity contribution >= 4 is 17.6 Å². The second-order valence-electron chi connectivity index (χ2n) is 4.02. The first kappa shape index (κ1) is 12.9. The van der Waals surface area contributed by atoms with Crippen molar-refractivity contribution in [3.05, 3.63) is 34.3 Å². The Hall–Kier alpha value is -1.13. The lowest BCUT2D eigenvalue weighted by atomic mass is 9.97. The van der Waals surface area contributed by atoms with E-state index >= 15 is 0 Å². The number of benzene rings is 1. The lowest BCUT2D eigenvalue weighted by Gasteiger charge is -2.17. The van der Waals surface area contributed by atoms with Crippen LogP contribution >= 0.6 is 11.6 Å². The van der Waals surface area contributed by atoms with E-state index in [4.69, 9.17) is 22.4 Å². The summed E-state index contributed by atoms with van der Waals surface area (Å²) in [6, 6.07) is 3.14. The molecule has 0 fully saturated rings. The highest BCUT2D eigenvalue weighted by Gasteiger charge is 2.22. The summed E-state index contributed by atoms with van der Waals surface area (Å²) in [5.41, 5.74) is 4.57. The van der Waals surface area contributed by atoms with Crippen LogP contribution in [0.3, 0.4) is 0 Å². The van der Waals surface area contributed by atoms with E-state index in [1.807, 2.05) is 0 Å². The molecule has 16 heavy (non-hydrogen) atoms. The SMILES string of the molecule is CC(C)(F)c1ccc(C(N)C(=O)O)c(Cl)c1. The number of carbonyl (C=O) groups is 1. The second kappa shape index (κ2) is 4.39. The third kappa shape index (κ3) is 2.71. The summed E-state index contributed by atoms with van der Waals surface area (Å²) in [6.45, 7) is 2.80. The Morgan fingerprint density at radius 1 is 1.56 bits per heavy atom. The summed E-state index contributed by atoms with van der Waals surface area (Å²) in [6.07, 6.45) is 0. The van der Waals surface area contributed by atoms with E-state index in [1.165, 1.54) is 32.0 Å². The molecule has 1 aromatic carbocycles. The van der Waals surface area contributed by atoms with Crippen LogP contribution in [0, 0.1) is 0 Å². The lowest BCUT2D eigenvalue weighted by Crippen LogP contribution is -2.21. The van der Waals surface area contributed by atoms with E-state index in [1.54, 1.807) is 0 Å². The van der Waals surface area contributed by atoms with Crippen LogP contribution in [0.5, 0.6) is 0 Å². The normalized spacial score (nSPS) is 13.6. The first-order valence-electron chi connectivity index (χ1n) is 4.70. The highest BCUT2D eigenvalue weighted by Crippen LogP contribution is 2.30. The van der Waals surface area contributed by atoms with Gasteiger partial charge in [0.2, 0.25) is 0 Å². The predicted molar refractivity (Wildman–Crippen MR) is 60.2 cm³/mol. The molecule has 1 atom stereocenters. The molecule has 3 nitrogen and oxygen atoms in total. The van der Waals surface area contributed by atoms with Gasteiger partial charge in [-0.1, -0.05) is 23.7 Å². The molecule has 0 saturated carbocycles. The Bertz CT molecular complexity index is 415. The molecule has 0 spiro atoms. The zero-order valence-electron chi connectivity index (χ0n) is 9.00. The Morgan fingerprint density at radius 2 is 2.12 bits per heavy atom. The number of halogens is 2. The summed E-state index contributed by atoms with van der Waals surface area (Å²) < 4.78 is 13.6. The van der Waals surface area contributed by atoms with E-state index in [0.29, 0.717) is 5.56 Å². The molecule has 0 aliphatic carbocycles. The van der Waals surface area contributed by atoms with E-state index in [9.17, 15) is 9.18 Å². The lowest BCUT2D eigenvalue weighted by molar-refractivity contribution is -0.138. The molecule has 1 unspecified atom stereocenters. The molecule has 0 heterocycles. The van der Waals surface area contributed by atoms with Gasteiger partial charge in [0.1, 0.15) is 11.7 Å². The summed E-state index contributed by atoms with van der Waals surface area (Å²) >= 11 is 5.86. The molecule has 0 aliphatic heterocycles. The minimum absolute atomic E-state index is 0.165. The monoisotopic (exact) mass is 245 g/mol. The Morgan fingerprint density at radius 3 is 2.50 bits per heavy atom. The molecule has 1 aromatic rings. The van der Waals surface area contributed by atoms with E-state index < -0.39 is 17.7 Å². The van der Waals surface area contributed by atoms with Gasteiger partial charge in [-0.05, 0) is 31.0 Å². The quantitative estimate of drug-likeness (QED) is 0.861. The summed E-state index contributed by atoms with van der Waals surface area (Å²) in [4.78, 5) is 10.7. The topological polar surface area (TPSA) is 63.3 Å². The maximum atomic E-state index is 13.6. The number of carboxylic acids is 1.